The molecule has 18 heavy (non-hydrogen) atoms. The molecule has 2 nitrogen and oxygen atoms in total. The molecular formula is C14H10BrClO2. The minimum atomic E-state index is 0.0297. The minimum absolute atomic E-state index is 0.0297. The summed E-state index contributed by atoms with van der Waals surface area (Å²) in [5.41, 5.74) is 0.655. The van der Waals surface area contributed by atoms with E-state index in [0.717, 1.165) is 4.47 Å². The number of hydrogen-bond acceptors (Lipinski definition) is 2. The van der Waals surface area contributed by atoms with Gasteiger partial charge in [-0.05, 0) is 49.4 Å². The zero-order valence-electron chi connectivity index (χ0n) is 9.61. The summed E-state index contributed by atoms with van der Waals surface area (Å²) >= 11 is 9.38. The van der Waals surface area contributed by atoms with Crippen LogP contribution in [0.4, 0.5) is 0 Å². The van der Waals surface area contributed by atoms with Crippen molar-refractivity contribution in [3.63, 3.8) is 0 Å². The Morgan fingerprint density at radius 3 is 2.44 bits per heavy atom. The zero-order valence-corrected chi connectivity index (χ0v) is 12.0. The van der Waals surface area contributed by atoms with Gasteiger partial charge in [0.05, 0.1) is 5.02 Å². The Morgan fingerprint density at radius 1 is 1.17 bits per heavy atom. The molecule has 0 aliphatic carbocycles. The topological polar surface area (TPSA) is 26.3 Å². The normalized spacial score (nSPS) is 10.2. The highest BCUT2D eigenvalue weighted by Gasteiger charge is 2.05. The monoisotopic (exact) mass is 324 g/mol. The summed E-state index contributed by atoms with van der Waals surface area (Å²) < 4.78 is 6.54. The Morgan fingerprint density at radius 2 is 1.83 bits per heavy atom. The van der Waals surface area contributed by atoms with Crippen molar-refractivity contribution in [3.8, 4) is 11.5 Å². The van der Waals surface area contributed by atoms with E-state index in [1.165, 1.54) is 6.92 Å². The van der Waals surface area contributed by atoms with Crippen LogP contribution in [0.1, 0.15) is 17.3 Å². The third kappa shape index (κ3) is 3.12. The smallest absolute Gasteiger partial charge is 0.159 e. The van der Waals surface area contributed by atoms with Crippen molar-refractivity contribution in [1.82, 2.24) is 0 Å². The van der Waals surface area contributed by atoms with Crippen LogP contribution in [0.15, 0.2) is 46.9 Å². The van der Waals surface area contributed by atoms with E-state index in [1.54, 1.807) is 36.4 Å². The number of carbonyl (C=O) groups excluding carboxylic acids is 1. The van der Waals surface area contributed by atoms with Crippen LogP contribution in [0.5, 0.6) is 11.5 Å². The molecule has 0 saturated carbocycles. The highest BCUT2D eigenvalue weighted by atomic mass is 79.9. The van der Waals surface area contributed by atoms with Gasteiger partial charge in [0.25, 0.3) is 0 Å². The quantitative estimate of drug-likeness (QED) is 0.734. The highest BCUT2D eigenvalue weighted by Crippen LogP contribution is 2.31. The van der Waals surface area contributed by atoms with E-state index in [2.05, 4.69) is 15.9 Å². The van der Waals surface area contributed by atoms with Gasteiger partial charge in [-0.1, -0.05) is 27.5 Å². The predicted octanol–water partition coefficient (Wildman–Crippen LogP) is 5.10. The largest absolute Gasteiger partial charge is 0.456 e. The number of benzene rings is 2. The molecule has 0 spiro atoms. The first-order chi connectivity index (χ1) is 8.56. The first kappa shape index (κ1) is 13.1. The molecule has 0 bridgehead atoms. The lowest BCUT2D eigenvalue weighted by Gasteiger charge is -2.08. The molecule has 0 radical (unpaired) electrons. The van der Waals surface area contributed by atoms with E-state index in [9.17, 15) is 4.79 Å². The standard InChI is InChI=1S/C14H10BrClO2/c1-9(17)10-2-5-12(6-3-10)18-14-8-11(15)4-7-13(14)16/h2-8H,1H3. The lowest BCUT2D eigenvalue weighted by Crippen LogP contribution is -1.91. The number of ketones is 1. The molecule has 0 amide bonds. The van der Waals surface area contributed by atoms with Gasteiger partial charge in [0, 0.05) is 10.0 Å². The molecule has 2 aromatic carbocycles. The molecule has 0 atom stereocenters. The van der Waals surface area contributed by atoms with Gasteiger partial charge in [0.1, 0.15) is 11.5 Å². The van der Waals surface area contributed by atoms with E-state index in [0.29, 0.717) is 22.1 Å². The Hall–Kier alpha value is -1.32. The van der Waals surface area contributed by atoms with Crippen molar-refractivity contribution in [1.29, 1.82) is 0 Å². The van der Waals surface area contributed by atoms with Gasteiger partial charge in [-0.25, -0.2) is 0 Å². The zero-order chi connectivity index (χ0) is 13.1. The van der Waals surface area contributed by atoms with Crippen molar-refractivity contribution in [2.75, 3.05) is 0 Å². The van der Waals surface area contributed by atoms with Crippen LogP contribution in [-0.4, -0.2) is 5.78 Å². The van der Waals surface area contributed by atoms with E-state index in [1.807, 2.05) is 6.07 Å². The summed E-state index contributed by atoms with van der Waals surface area (Å²) in [6, 6.07) is 12.3. The number of hydrogen-bond donors (Lipinski definition) is 0. The Kier molecular flexibility index (Phi) is 4.04. The van der Waals surface area contributed by atoms with Gasteiger partial charge in [0.15, 0.2) is 5.78 Å². The molecular weight excluding hydrogens is 316 g/mol. The first-order valence-electron chi connectivity index (χ1n) is 5.30. The highest BCUT2D eigenvalue weighted by molar-refractivity contribution is 9.10. The van der Waals surface area contributed by atoms with Gasteiger partial charge in [-0.2, -0.15) is 0 Å². The maximum Gasteiger partial charge on any atom is 0.159 e. The molecule has 0 N–H and O–H groups in total. The second kappa shape index (κ2) is 5.55. The van der Waals surface area contributed by atoms with Crippen LogP contribution in [-0.2, 0) is 0 Å². The number of ether oxygens (including phenoxy) is 1. The fraction of sp³-hybridized carbons (Fsp3) is 0.0714. The van der Waals surface area contributed by atoms with Crippen molar-refractivity contribution in [2.45, 2.75) is 6.92 Å². The average molecular weight is 326 g/mol. The van der Waals surface area contributed by atoms with Gasteiger partial charge >= 0.3 is 0 Å². The lowest BCUT2D eigenvalue weighted by atomic mass is 10.1. The van der Waals surface area contributed by atoms with E-state index < -0.39 is 0 Å². The minimum Gasteiger partial charge on any atom is -0.456 e. The fourth-order valence-corrected chi connectivity index (χ4v) is 1.94. The summed E-state index contributed by atoms with van der Waals surface area (Å²) in [7, 11) is 0. The summed E-state index contributed by atoms with van der Waals surface area (Å²) in [6.45, 7) is 1.53. The van der Waals surface area contributed by atoms with Crippen LogP contribution in [0.3, 0.4) is 0 Å². The van der Waals surface area contributed by atoms with Crippen molar-refractivity contribution in [3.05, 3.63) is 57.5 Å². The molecule has 2 rings (SSSR count). The molecule has 2 aromatic rings. The van der Waals surface area contributed by atoms with Crippen molar-refractivity contribution < 1.29 is 9.53 Å². The Labute approximate surface area is 119 Å². The van der Waals surface area contributed by atoms with E-state index in [-0.39, 0.29) is 5.78 Å². The second-order valence-corrected chi connectivity index (χ2v) is 5.08. The molecule has 0 aliphatic heterocycles. The lowest BCUT2D eigenvalue weighted by molar-refractivity contribution is 0.101. The fourth-order valence-electron chi connectivity index (χ4n) is 1.44. The van der Waals surface area contributed by atoms with E-state index >= 15 is 0 Å². The van der Waals surface area contributed by atoms with Crippen molar-refractivity contribution >= 4 is 33.3 Å². The number of Topliss-reactive ketones (excluding diaryl/α,β-unsaturated/α-hetero) is 1. The van der Waals surface area contributed by atoms with Crippen LogP contribution < -0.4 is 4.74 Å². The van der Waals surface area contributed by atoms with Gasteiger partial charge in [-0.3, -0.25) is 4.79 Å². The third-order valence-corrected chi connectivity index (χ3v) is 3.19. The predicted molar refractivity (Wildman–Crippen MR) is 75.7 cm³/mol. The van der Waals surface area contributed by atoms with E-state index in [4.69, 9.17) is 16.3 Å². The van der Waals surface area contributed by atoms with Crippen LogP contribution in [0.25, 0.3) is 0 Å². The average Bonchev–Trinajstić information content (AvgIpc) is 2.34. The molecule has 0 aromatic heterocycles. The van der Waals surface area contributed by atoms with Crippen LogP contribution >= 0.6 is 27.5 Å². The first-order valence-corrected chi connectivity index (χ1v) is 6.47. The van der Waals surface area contributed by atoms with Gasteiger partial charge < -0.3 is 4.74 Å². The molecule has 0 fully saturated rings. The molecule has 0 heterocycles. The SMILES string of the molecule is CC(=O)c1ccc(Oc2cc(Br)ccc2Cl)cc1. The number of carbonyl (C=O) groups is 1. The Bertz CT molecular complexity index is 579. The summed E-state index contributed by atoms with van der Waals surface area (Å²) in [5.74, 6) is 1.24. The van der Waals surface area contributed by atoms with Crippen LogP contribution in [0.2, 0.25) is 5.02 Å². The van der Waals surface area contributed by atoms with Gasteiger partial charge in [-0.15, -0.1) is 0 Å². The molecule has 92 valence electrons. The maximum atomic E-state index is 11.1. The molecule has 0 unspecified atom stereocenters. The summed E-state index contributed by atoms with van der Waals surface area (Å²) in [5, 5.41) is 0.536. The van der Waals surface area contributed by atoms with Crippen molar-refractivity contribution in [2.24, 2.45) is 0 Å². The van der Waals surface area contributed by atoms with Gasteiger partial charge in [0.2, 0.25) is 0 Å². The summed E-state index contributed by atoms with van der Waals surface area (Å²) in [4.78, 5) is 11.1. The summed E-state index contributed by atoms with van der Waals surface area (Å²) in [6.07, 6.45) is 0. The second-order valence-electron chi connectivity index (χ2n) is 3.76. The molecule has 0 aliphatic rings. The number of rotatable bonds is 3. The number of halogens is 2. The third-order valence-electron chi connectivity index (χ3n) is 2.38. The van der Waals surface area contributed by atoms with Crippen LogP contribution in [0, 0.1) is 0 Å². The molecule has 0 saturated heterocycles. The molecule has 4 heteroatoms. The Balaban J connectivity index is 2.23. The maximum absolute atomic E-state index is 11.1.